The summed E-state index contributed by atoms with van der Waals surface area (Å²) < 4.78 is 5.06. The van der Waals surface area contributed by atoms with Crippen LogP contribution in [0.3, 0.4) is 0 Å². The number of methoxy groups -OCH3 is 1. The van der Waals surface area contributed by atoms with Crippen molar-refractivity contribution in [1.82, 2.24) is 0 Å². The topological polar surface area (TPSA) is 38.7 Å². The van der Waals surface area contributed by atoms with Gasteiger partial charge in [-0.3, -0.25) is 4.99 Å². The summed E-state index contributed by atoms with van der Waals surface area (Å²) in [5.41, 5.74) is 4.94. The van der Waals surface area contributed by atoms with Crippen LogP contribution in [0.4, 0.5) is 0 Å². The van der Waals surface area contributed by atoms with E-state index in [4.69, 9.17) is 9.73 Å². The van der Waals surface area contributed by atoms with E-state index in [1.165, 1.54) is 7.11 Å². The molecule has 0 N–H and O–H groups in total. The van der Waals surface area contributed by atoms with Gasteiger partial charge in [0, 0.05) is 22.9 Å². The number of halogens is 1. The van der Waals surface area contributed by atoms with Gasteiger partial charge in [0.15, 0.2) is 6.04 Å². The third kappa shape index (κ3) is 5.17. The summed E-state index contributed by atoms with van der Waals surface area (Å²) in [6.07, 6.45) is 0.483. The third-order valence-corrected chi connectivity index (χ3v) is 5.07. The molecule has 3 nitrogen and oxygen atoms in total. The molecule has 0 saturated carbocycles. The first-order valence-electron chi connectivity index (χ1n) is 9.11. The zero-order valence-electron chi connectivity index (χ0n) is 15.7. The van der Waals surface area contributed by atoms with Crippen LogP contribution in [0.15, 0.2) is 89.9 Å². The number of aliphatic imine (C=N–C) groups is 1. The predicted molar refractivity (Wildman–Crippen MR) is 117 cm³/mol. The van der Waals surface area contributed by atoms with E-state index in [0.29, 0.717) is 6.42 Å². The van der Waals surface area contributed by atoms with E-state index in [1.807, 2.05) is 78.9 Å². The highest BCUT2D eigenvalue weighted by molar-refractivity contribution is 9.08. The number of hydrogen-bond acceptors (Lipinski definition) is 3. The molecular formula is C24H22BrNO2. The average molecular weight is 436 g/mol. The Morgan fingerprint density at radius 1 is 0.893 bits per heavy atom. The largest absolute Gasteiger partial charge is 0.467 e. The van der Waals surface area contributed by atoms with Crippen LogP contribution < -0.4 is 0 Å². The fraction of sp³-hybridized carbons (Fsp3) is 0.167. The van der Waals surface area contributed by atoms with Crippen molar-refractivity contribution in [2.45, 2.75) is 17.8 Å². The van der Waals surface area contributed by atoms with Crippen LogP contribution in [0.2, 0.25) is 0 Å². The number of carbonyl (C=O) groups excluding carboxylic acids is 1. The van der Waals surface area contributed by atoms with Gasteiger partial charge in [-0.15, -0.1) is 0 Å². The Morgan fingerprint density at radius 2 is 1.46 bits per heavy atom. The molecule has 0 spiro atoms. The number of ether oxygens (including phenoxy) is 1. The molecule has 142 valence electrons. The summed E-state index contributed by atoms with van der Waals surface area (Å²) in [5, 5.41) is 0.770. The maximum absolute atomic E-state index is 12.5. The summed E-state index contributed by atoms with van der Waals surface area (Å²) in [6, 6.07) is 27.4. The second kappa shape index (κ2) is 10.00. The van der Waals surface area contributed by atoms with Crippen LogP contribution >= 0.6 is 15.9 Å². The monoisotopic (exact) mass is 435 g/mol. The van der Waals surface area contributed by atoms with Crippen molar-refractivity contribution in [3.05, 3.63) is 107 Å². The first-order chi connectivity index (χ1) is 13.7. The van der Waals surface area contributed by atoms with Crippen molar-refractivity contribution in [2.75, 3.05) is 7.11 Å². The van der Waals surface area contributed by atoms with E-state index in [0.717, 1.165) is 33.3 Å². The molecule has 0 aliphatic rings. The van der Waals surface area contributed by atoms with Gasteiger partial charge < -0.3 is 4.74 Å². The molecule has 0 saturated heterocycles. The number of hydrogen-bond donors (Lipinski definition) is 0. The Hall–Kier alpha value is -2.72. The Balaban J connectivity index is 2.03. The summed E-state index contributed by atoms with van der Waals surface area (Å²) in [4.78, 5) is 17.4. The molecule has 0 aliphatic carbocycles. The molecule has 3 aromatic carbocycles. The normalized spacial score (nSPS) is 11.5. The summed E-state index contributed by atoms with van der Waals surface area (Å²) in [6.45, 7) is 0. The molecule has 0 fully saturated rings. The van der Waals surface area contributed by atoms with E-state index in [2.05, 4.69) is 22.0 Å². The fourth-order valence-electron chi connectivity index (χ4n) is 3.04. The van der Waals surface area contributed by atoms with Crippen molar-refractivity contribution in [3.8, 4) is 0 Å². The number of nitrogens with zero attached hydrogens (tertiary/aromatic N) is 1. The molecule has 0 radical (unpaired) electrons. The number of carbonyl (C=O) groups is 1. The Morgan fingerprint density at radius 3 is 2.00 bits per heavy atom. The van der Waals surface area contributed by atoms with E-state index >= 15 is 0 Å². The second-order valence-corrected chi connectivity index (χ2v) is 6.97. The van der Waals surface area contributed by atoms with Gasteiger partial charge in [-0.05, 0) is 11.1 Å². The third-order valence-electron chi connectivity index (χ3n) is 4.43. The Kier molecular flexibility index (Phi) is 7.15. The van der Waals surface area contributed by atoms with Crippen LogP contribution in [0.1, 0.15) is 22.3 Å². The average Bonchev–Trinajstić information content (AvgIpc) is 2.77. The Bertz CT molecular complexity index is 898. The molecule has 0 unspecified atom stereocenters. The molecular weight excluding hydrogens is 414 g/mol. The first-order valence-corrected chi connectivity index (χ1v) is 10.2. The lowest BCUT2D eigenvalue weighted by Gasteiger charge is -2.15. The van der Waals surface area contributed by atoms with Crippen molar-refractivity contribution >= 4 is 27.6 Å². The maximum atomic E-state index is 12.5. The van der Waals surface area contributed by atoms with E-state index in [-0.39, 0.29) is 5.97 Å². The zero-order chi connectivity index (χ0) is 19.8. The van der Waals surface area contributed by atoms with Gasteiger partial charge in [0.05, 0.1) is 12.8 Å². The van der Waals surface area contributed by atoms with Crippen LogP contribution in [0.25, 0.3) is 0 Å². The molecule has 28 heavy (non-hydrogen) atoms. The maximum Gasteiger partial charge on any atom is 0.330 e. The molecule has 0 aromatic heterocycles. The SMILES string of the molecule is COC(=O)[C@H](Cc1cccc(CBr)c1)N=C(c1ccccc1)c1ccccc1. The highest BCUT2D eigenvalue weighted by Crippen LogP contribution is 2.17. The van der Waals surface area contributed by atoms with Crippen LogP contribution in [0, 0.1) is 0 Å². The van der Waals surface area contributed by atoms with Crippen LogP contribution in [-0.4, -0.2) is 24.8 Å². The number of esters is 1. The minimum absolute atomic E-state index is 0.339. The van der Waals surface area contributed by atoms with Gasteiger partial charge in [-0.2, -0.15) is 0 Å². The van der Waals surface area contributed by atoms with Crippen molar-refractivity contribution in [1.29, 1.82) is 0 Å². The highest BCUT2D eigenvalue weighted by atomic mass is 79.9. The van der Waals surface area contributed by atoms with E-state index in [1.54, 1.807) is 0 Å². The molecule has 4 heteroatoms. The van der Waals surface area contributed by atoms with Gasteiger partial charge in [0.25, 0.3) is 0 Å². The predicted octanol–water partition coefficient (Wildman–Crippen LogP) is 5.20. The number of rotatable bonds is 7. The summed E-state index contributed by atoms with van der Waals surface area (Å²) >= 11 is 3.48. The minimum Gasteiger partial charge on any atom is -0.467 e. The lowest BCUT2D eigenvalue weighted by Crippen LogP contribution is -2.25. The molecule has 3 aromatic rings. The standard InChI is InChI=1S/C24H22BrNO2/c1-28-24(27)22(16-18-9-8-10-19(15-18)17-25)26-23(20-11-4-2-5-12-20)21-13-6-3-7-14-21/h2-15,22H,16-17H2,1H3/t22-/m0/s1. The molecule has 1 atom stereocenters. The molecule has 0 heterocycles. The summed E-state index contributed by atoms with van der Waals surface area (Å²) in [5.74, 6) is -0.339. The van der Waals surface area contributed by atoms with Gasteiger partial charge in [0.2, 0.25) is 0 Å². The Labute approximate surface area is 174 Å². The van der Waals surface area contributed by atoms with Gasteiger partial charge >= 0.3 is 5.97 Å². The smallest absolute Gasteiger partial charge is 0.330 e. The van der Waals surface area contributed by atoms with Crippen LogP contribution in [-0.2, 0) is 21.3 Å². The zero-order valence-corrected chi connectivity index (χ0v) is 17.3. The van der Waals surface area contributed by atoms with Crippen molar-refractivity contribution < 1.29 is 9.53 Å². The number of alkyl halides is 1. The second-order valence-electron chi connectivity index (χ2n) is 6.41. The van der Waals surface area contributed by atoms with E-state index < -0.39 is 6.04 Å². The van der Waals surface area contributed by atoms with Crippen molar-refractivity contribution in [2.24, 2.45) is 4.99 Å². The number of benzene rings is 3. The molecule has 0 amide bonds. The van der Waals surface area contributed by atoms with Gasteiger partial charge in [0.1, 0.15) is 0 Å². The fourth-order valence-corrected chi connectivity index (χ4v) is 3.39. The van der Waals surface area contributed by atoms with Gasteiger partial charge in [-0.1, -0.05) is 101 Å². The lowest BCUT2D eigenvalue weighted by atomic mass is 10.00. The van der Waals surface area contributed by atoms with Crippen LogP contribution in [0.5, 0.6) is 0 Å². The van der Waals surface area contributed by atoms with Gasteiger partial charge in [-0.25, -0.2) is 4.79 Å². The molecule has 0 aliphatic heterocycles. The minimum atomic E-state index is -0.619. The highest BCUT2D eigenvalue weighted by Gasteiger charge is 2.21. The quantitative estimate of drug-likeness (QED) is 0.290. The molecule has 3 rings (SSSR count). The van der Waals surface area contributed by atoms with E-state index in [9.17, 15) is 4.79 Å². The molecule has 0 bridgehead atoms. The van der Waals surface area contributed by atoms with Crippen molar-refractivity contribution in [3.63, 3.8) is 0 Å². The lowest BCUT2D eigenvalue weighted by molar-refractivity contribution is -0.142. The first kappa shape index (κ1) is 20.0. The summed E-state index contributed by atoms with van der Waals surface area (Å²) in [7, 11) is 1.41.